The molecule has 2 rings (SSSR count). The molecule has 0 spiro atoms. The fourth-order valence-corrected chi connectivity index (χ4v) is 3.50. The van der Waals surface area contributed by atoms with Crippen molar-refractivity contribution in [1.29, 1.82) is 0 Å². The summed E-state index contributed by atoms with van der Waals surface area (Å²) >= 11 is 13.4. The molecule has 1 aromatic rings. The van der Waals surface area contributed by atoms with E-state index in [-0.39, 0.29) is 12.5 Å². The summed E-state index contributed by atoms with van der Waals surface area (Å²) in [4.78, 5) is 12.0. The minimum atomic E-state index is -0.793. The van der Waals surface area contributed by atoms with E-state index in [4.69, 9.17) is 23.2 Å². The molecule has 1 amide bonds. The smallest absolute Gasteiger partial charge is 0.268 e. The van der Waals surface area contributed by atoms with Crippen molar-refractivity contribution < 1.29 is 9.90 Å². The summed E-state index contributed by atoms with van der Waals surface area (Å²) in [6, 6.07) is 1.52. The lowest BCUT2D eigenvalue weighted by atomic mass is 10.0. The van der Waals surface area contributed by atoms with Gasteiger partial charge in [-0.25, -0.2) is 0 Å². The second-order valence-electron chi connectivity index (χ2n) is 4.44. The van der Waals surface area contributed by atoms with Gasteiger partial charge in [0.15, 0.2) is 0 Å². The number of amides is 1. The second kappa shape index (κ2) is 5.33. The Morgan fingerprint density at radius 2 is 2.39 bits per heavy atom. The first-order chi connectivity index (χ1) is 8.43. The molecular weight excluding hydrogens is 295 g/mol. The average Bonchev–Trinajstić information content (AvgIpc) is 2.87. The van der Waals surface area contributed by atoms with Crippen LogP contribution < -0.4 is 5.32 Å². The molecule has 0 aromatic carbocycles. The molecule has 4 nitrogen and oxygen atoms in total. The number of nitrogens with one attached hydrogen (secondary N) is 1. The second-order valence-corrected chi connectivity index (χ2v) is 6.31. The number of hydrogen-bond donors (Lipinski definition) is 2. The SMILES string of the molecule is Cn1c(C(=O)NCC2(O)CCSC2)cc(Cl)c1Cl. The largest absolute Gasteiger partial charge is 0.387 e. The summed E-state index contributed by atoms with van der Waals surface area (Å²) in [6.45, 7) is 0.249. The lowest BCUT2D eigenvalue weighted by Gasteiger charge is -2.21. The van der Waals surface area contributed by atoms with E-state index in [1.807, 2.05) is 0 Å². The standard InChI is InChI=1S/C11H14Cl2N2O2S/c1-15-8(4-7(12)9(15)13)10(16)14-5-11(17)2-3-18-6-11/h4,17H,2-3,5-6H2,1H3,(H,14,16). The van der Waals surface area contributed by atoms with Crippen LogP contribution in [-0.4, -0.2) is 39.2 Å². The van der Waals surface area contributed by atoms with Crippen LogP contribution in [0.4, 0.5) is 0 Å². The predicted molar refractivity (Wildman–Crippen MR) is 74.7 cm³/mol. The van der Waals surface area contributed by atoms with Gasteiger partial charge in [-0.3, -0.25) is 4.79 Å². The molecule has 1 aromatic heterocycles. The normalized spacial score (nSPS) is 23.3. The number of carbonyl (C=O) groups excluding carboxylic acids is 1. The Morgan fingerprint density at radius 1 is 1.67 bits per heavy atom. The molecule has 1 saturated heterocycles. The number of halogens is 2. The van der Waals surface area contributed by atoms with Gasteiger partial charge in [-0.1, -0.05) is 23.2 Å². The summed E-state index contributed by atoms with van der Waals surface area (Å²) in [6.07, 6.45) is 0.701. The molecule has 2 heterocycles. The van der Waals surface area contributed by atoms with Gasteiger partial charge in [-0.2, -0.15) is 11.8 Å². The highest BCUT2D eigenvalue weighted by molar-refractivity contribution is 7.99. The topological polar surface area (TPSA) is 54.3 Å². The Morgan fingerprint density at radius 3 is 2.89 bits per heavy atom. The summed E-state index contributed by atoms with van der Waals surface area (Å²) in [7, 11) is 1.67. The highest BCUT2D eigenvalue weighted by atomic mass is 35.5. The molecule has 7 heteroatoms. The maximum atomic E-state index is 12.0. The molecule has 1 fully saturated rings. The Balaban J connectivity index is 2.01. The average molecular weight is 309 g/mol. The van der Waals surface area contributed by atoms with E-state index >= 15 is 0 Å². The first kappa shape index (κ1) is 14.1. The third-order valence-corrected chi connectivity index (χ3v) is 5.09. The molecule has 0 saturated carbocycles. The zero-order valence-corrected chi connectivity index (χ0v) is 12.2. The quantitative estimate of drug-likeness (QED) is 0.897. The van der Waals surface area contributed by atoms with Gasteiger partial charge in [0, 0.05) is 19.3 Å². The molecule has 1 atom stereocenters. The maximum Gasteiger partial charge on any atom is 0.268 e. The van der Waals surface area contributed by atoms with Gasteiger partial charge in [-0.15, -0.1) is 0 Å². The fraction of sp³-hybridized carbons (Fsp3) is 0.545. The van der Waals surface area contributed by atoms with Crippen molar-refractivity contribution in [2.75, 3.05) is 18.1 Å². The van der Waals surface area contributed by atoms with Crippen molar-refractivity contribution in [1.82, 2.24) is 9.88 Å². The number of rotatable bonds is 3. The monoisotopic (exact) mass is 308 g/mol. The van der Waals surface area contributed by atoms with Crippen molar-refractivity contribution in [3.8, 4) is 0 Å². The van der Waals surface area contributed by atoms with Crippen molar-refractivity contribution in [2.45, 2.75) is 12.0 Å². The van der Waals surface area contributed by atoms with Crippen LogP contribution >= 0.6 is 35.0 Å². The van der Waals surface area contributed by atoms with Crippen molar-refractivity contribution >= 4 is 40.9 Å². The van der Waals surface area contributed by atoms with E-state index in [1.165, 1.54) is 10.6 Å². The summed E-state index contributed by atoms with van der Waals surface area (Å²) in [5.41, 5.74) is -0.404. The Kier molecular flexibility index (Phi) is 4.16. The fourth-order valence-electron chi connectivity index (χ4n) is 1.83. The number of nitrogens with zero attached hydrogens (tertiary/aromatic N) is 1. The van der Waals surface area contributed by atoms with Crippen LogP contribution in [0.3, 0.4) is 0 Å². The van der Waals surface area contributed by atoms with Gasteiger partial charge in [0.1, 0.15) is 10.8 Å². The van der Waals surface area contributed by atoms with Gasteiger partial charge < -0.3 is 15.0 Å². The first-order valence-corrected chi connectivity index (χ1v) is 7.43. The molecule has 0 aliphatic carbocycles. The minimum Gasteiger partial charge on any atom is -0.387 e. The molecule has 2 N–H and O–H groups in total. The maximum absolute atomic E-state index is 12.0. The summed E-state index contributed by atoms with van der Waals surface area (Å²) in [5.74, 6) is 1.30. The van der Waals surface area contributed by atoms with Crippen LogP contribution in [0.5, 0.6) is 0 Å². The van der Waals surface area contributed by atoms with Gasteiger partial charge in [0.05, 0.1) is 10.6 Å². The lowest BCUT2D eigenvalue weighted by molar-refractivity contribution is 0.0609. The third kappa shape index (κ3) is 2.79. The molecule has 18 heavy (non-hydrogen) atoms. The van der Waals surface area contributed by atoms with Gasteiger partial charge in [-0.05, 0) is 18.2 Å². The van der Waals surface area contributed by atoms with E-state index in [0.717, 1.165) is 5.75 Å². The number of aromatic nitrogens is 1. The van der Waals surface area contributed by atoms with E-state index in [2.05, 4.69) is 5.32 Å². The first-order valence-electron chi connectivity index (χ1n) is 5.52. The molecular formula is C11H14Cl2N2O2S. The molecule has 1 aliphatic heterocycles. The van der Waals surface area contributed by atoms with Crippen LogP contribution in [0.2, 0.25) is 10.2 Å². The Bertz CT molecular complexity index is 470. The lowest BCUT2D eigenvalue weighted by Crippen LogP contribution is -2.43. The molecule has 1 aliphatic rings. The Labute approximate surface area is 120 Å². The molecule has 1 unspecified atom stereocenters. The van der Waals surface area contributed by atoms with Crippen LogP contribution in [0, 0.1) is 0 Å². The molecule has 0 radical (unpaired) electrons. The van der Waals surface area contributed by atoms with E-state index < -0.39 is 5.60 Å². The third-order valence-electron chi connectivity index (χ3n) is 3.01. The highest BCUT2D eigenvalue weighted by Crippen LogP contribution is 2.28. The van der Waals surface area contributed by atoms with Crippen molar-refractivity contribution in [2.24, 2.45) is 7.05 Å². The summed E-state index contributed by atoms with van der Waals surface area (Å²) < 4.78 is 1.52. The highest BCUT2D eigenvalue weighted by Gasteiger charge is 2.32. The van der Waals surface area contributed by atoms with Crippen LogP contribution in [-0.2, 0) is 7.05 Å². The molecule has 0 bridgehead atoms. The van der Waals surface area contributed by atoms with E-state index in [9.17, 15) is 9.90 Å². The van der Waals surface area contributed by atoms with Crippen LogP contribution in [0.25, 0.3) is 0 Å². The summed E-state index contributed by atoms with van der Waals surface area (Å²) in [5, 5.41) is 13.5. The van der Waals surface area contributed by atoms with Gasteiger partial charge in [0.2, 0.25) is 0 Å². The molecule has 100 valence electrons. The van der Waals surface area contributed by atoms with E-state index in [0.29, 0.717) is 28.0 Å². The predicted octanol–water partition coefficient (Wildman–Crippen LogP) is 1.93. The minimum absolute atomic E-state index is 0.249. The number of aliphatic hydroxyl groups is 1. The number of hydrogen-bond acceptors (Lipinski definition) is 3. The van der Waals surface area contributed by atoms with E-state index in [1.54, 1.807) is 18.8 Å². The Hall–Kier alpha value is -0.360. The van der Waals surface area contributed by atoms with Crippen molar-refractivity contribution in [3.63, 3.8) is 0 Å². The zero-order chi connectivity index (χ0) is 13.3. The number of thioether (sulfide) groups is 1. The number of carbonyl (C=O) groups is 1. The van der Waals surface area contributed by atoms with Crippen LogP contribution in [0.1, 0.15) is 16.9 Å². The van der Waals surface area contributed by atoms with Gasteiger partial charge in [0.25, 0.3) is 5.91 Å². The van der Waals surface area contributed by atoms with Crippen LogP contribution in [0.15, 0.2) is 6.07 Å². The van der Waals surface area contributed by atoms with Crippen molar-refractivity contribution in [3.05, 3.63) is 21.9 Å². The van der Waals surface area contributed by atoms with Gasteiger partial charge >= 0.3 is 0 Å². The zero-order valence-electron chi connectivity index (χ0n) is 9.87.